The number of fused-ring (bicyclic) bond motifs is 1. The number of halogens is 2. The van der Waals surface area contributed by atoms with Crippen molar-refractivity contribution in [3.63, 3.8) is 0 Å². The van der Waals surface area contributed by atoms with Crippen molar-refractivity contribution in [1.82, 2.24) is 9.88 Å². The average Bonchev–Trinajstić information content (AvgIpc) is 3.54. The van der Waals surface area contributed by atoms with Crippen LogP contribution < -0.4 is 10.9 Å². The quantitative estimate of drug-likeness (QED) is 0.574. The van der Waals surface area contributed by atoms with Gasteiger partial charge in [0.15, 0.2) is 0 Å². The molecular weight excluding hydrogens is 403 g/mol. The third-order valence-electron chi connectivity index (χ3n) is 5.77. The molecule has 1 aliphatic rings. The van der Waals surface area contributed by atoms with Crippen molar-refractivity contribution in [2.24, 2.45) is 5.92 Å². The second-order valence-corrected chi connectivity index (χ2v) is 8.33. The van der Waals surface area contributed by atoms with Crippen molar-refractivity contribution < 1.29 is 9.18 Å². The van der Waals surface area contributed by atoms with Crippen LogP contribution >= 0.6 is 11.6 Å². The van der Waals surface area contributed by atoms with Crippen LogP contribution in [0.5, 0.6) is 0 Å². The number of benzene rings is 2. The van der Waals surface area contributed by atoms with Gasteiger partial charge in [-0.25, -0.2) is 4.39 Å². The smallest absolute Gasteiger partial charge is 0.260 e. The molecule has 1 atom stereocenters. The molecule has 0 bridgehead atoms. The molecule has 3 aromatic rings. The number of pyridine rings is 1. The maximum atomic E-state index is 13.8. The Hall–Kier alpha value is -2.66. The average molecular weight is 427 g/mol. The topological polar surface area (TPSA) is 51.1 Å². The molecule has 156 valence electrons. The van der Waals surface area contributed by atoms with E-state index in [1.165, 1.54) is 12.1 Å². The fourth-order valence-electron chi connectivity index (χ4n) is 4.16. The van der Waals surface area contributed by atoms with Gasteiger partial charge in [0.25, 0.3) is 11.5 Å². The first-order valence-electron chi connectivity index (χ1n) is 10.3. The zero-order chi connectivity index (χ0) is 21.4. The molecule has 4 rings (SSSR count). The van der Waals surface area contributed by atoms with Crippen LogP contribution in [0.15, 0.2) is 47.3 Å². The zero-order valence-corrected chi connectivity index (χ0v) is 17.8. The predicted molar refractivity (Wildman–Crippen MR) is 118 cm³/mol. The minimum absolute atomic E-state index is 0.185. The third-order valence-corrected chi connectivity index (χ3v) is 6.09. The molecule has 2 aromatic carbocycles. The number of nitrogens with one attached hydrogen (secondary N) is 1. The highest BCUT2D eigenvalue weighted by Crippen LogP contribution is 2.41. The summed E-state index contributed by atoms with van der Waals surface area (Å²) in [5, 5.41) is 4.35. The van der Waals surface area contributed by atoms with Gasteiger partial charge in [-0.3, -0.25) is 9.59 Å². The molecule has 1 saturated carbocycles. The van der Waals surface area contributed by atoms with Crippen molar-refractivity contribution in [3.05, 3.63) is 80.5 Å². The van der Waals surface area contributed by atoms with Crippen LogP contribution in [0.25, 0.3) is 10.8 Å². The van der Waals surface area contributed by atoms with Crippen molar-refractivity contribution in [2.45, 2.75) is 45.7 Å². The van der Waals surface area contributed by atoms with Gasteiger partial charge in [-0.15, -0.1) is 0 Å². The highest BCUT2D eigenvalue weighted by molar-refractivity contribution is 6.36. The number of amides is 1. The van der Waals surface area contributed by atoms with Gasteiger partial charge in [-0.1, -0.05) is 42.8 Å². The van der Waals surface area contributed by atoms with Gasteiger partial charge < -0.3 is 9.88 Å². The predicted octanol–water partition coefficient (Wildman–Crippen LogP) is 5.39. The minimum atomic E-state index is -0.322. The Kier molecular flexibility index (Phi) is 5.65. The molecule has 1 aliphatic carbocycles. The van der Waals surface area contributed by atoms with Crippen LogP contribution in [-0.4, -0.2) is 10.5 Å². The molecular formula is C24H24ClFN2O2. The number of rotatable bonds is 6. The molecule has 0 spiro atoms. The monoisotopic (exact) mass is 426 g/mol. The lowest BCUT2D eigenvalue weighted by Crippen LogP contribution is -2.33. The SMILES string of the molecule is CCCn1c(C)c(C(=O)N[C@H](c2cccc(F)c2)C2CC2)c2cccc(Cl)c2c1=O. The summed E-state index contributed by atoms with van der Waals surface area (Å²) in [5.74, 6) is -0.310. The van der Waals surface area contributed by atoms with Crippen molar-refractivity contribution >= 4 is 28.3 Å². The third kappa shape index (κ3) is 3.74. The zero-order valence-electron chi connectivity index (χ0n) is 17.0. The van der Waals surface area contributed by atoms with Gasteiger partial charge in [0.2, 0.25) is 0 Å². The molecule has 0 unspecified atom stereocenters. The van der Waals surface area contributed by atoms with Gasteiger partial charge >= 0.3 is 0 Å². The van der Waals surface area contributed by atoms with E-state index < -0.39 is 0 Å². The summed E-state index contributed by atoms with van der Waals surface area (Å²) >= 11 is 6.36. The number of carbonyl (C=O) groups excluding carboxylic acids is 1. The molecule has 4 nitrogen and oxygen atoms in total. The largest absolute Gasteiger partial charge is 0.345 e. The molecule has 6 heteroatoms. The Morgan fingerprint density at radius 3 is 2.67 bits per heavy atom. The number of nitrogens with zero attached hydrogens (tertiary/aromatic N) is 1. The van der Waals surface area contributed by atoms with Gasteiger partial charge in [-0.05, 0) is 55.9 Å². The summed E-state index contributed by atoms with van der Waals surface area (Å²) in [6, 6.07) is 11.3. The lowest BCUT2D eigenvalue weighted by molar-refractivity contribution is 0.0931. The summed E-state index contributed by atoms with van der Waals surface area (Å²) in [5.41, 5.74) is 1.63. The summed E-state index contributed by atoms with van der Waals surface area (Å²) in [6.45, 7) is 4.28. The number of carbonyl (C=O) groups is 1. The van der Waals surface area contributed by atoms with Crippen molar-refractivity contribution in [1.29, 1.82) is 0 Å². The number of hydrogen-bond acceptors (Lipinski definition) is 2. The molecule has 1 heterocycles. The molecule has 1 amide bonds. The van der Waals surface area contributed by atoms with Crippen molar-refractivity contribution in [3.8, 4) is 0 Å². The Morgan fingerprint density at radius 1 is 1.27 bits per heavy atom. The maximum Gasteiger partial charge on any atom is 0.260 e. The van der Waals surface area contributed by atoms with Crippen LogP contribution in [0.3, 0.4) is 0 Å². The van der Waals surface area contributed by atoms with Gasteiger partial charge in [-0.2, -0.15) is 0 Å². The maximum absolute atomic E-state index is 13.8. The highest BCUT2D eigenvalue weighted by Gasteiger charge is 2.34. The molecule has 0 aliphatic heterocycles. The lowest BCUT2D eigenvalue weighted by Gasteiger charge is -2.22. The van der Waals surface area contributed by atoms with Crippen LogP contribution in [0.2, 0.25) is 5.02 Å². The number of hydrogen-bond donors (Lipinski definition) is 1. The first-order valence-corrected chi connectivity index (χ1v) is 10.7. The minimum Gasteiger partial charge on any atom is -0.345 e. The molecule has 30 heavy (non-hydrogen) atoms. The second kappa shape index (κ2) is 8.23. The molecule has 0 radical (unpaired) electrons. The van der Waals surface area contributed by atoms with E-state index >= 15 is 0 Å². The molecule has 1 N–H and O–H groups in total. The van der Waals surface area contributed by atoms with Crippen LogP contribution in [0.4, 0.5) is 4.39 Å². The van der Waals surface area contributed by atoms with Crippen LogP contribution in [0, 0.1) is 18.7 Å². The summed E-state index contributed by atoms with van der Waals surface area (Å²) in [4.78, 5) is 26.5. The van der Waals surface area contributed by atoms with E-state index in [1.54, 1.807) is 35.8 Å². The summed E-state index contributed by atoms with van der Waals surface area (Å²) in [6.07, 6.45) is 2.73. The van der Waals surface area contributed by atoms with Gasteiger partial charge in [0.1, 0.15) is 5.82 Å². The molecule has 0 saturated heterocycles. The van der Waals surface area contributed by atoms with Gasteiger partial charge in [0.05, 0.1) is 22.0 Å². The van der Waals surface area contributed by atoms with Crippen molar-refractivity contribution in [2.75, 3.05) is 0 Å². The highest BCUT2D eigenvalue weighted by atomic mass is 35.5. The van der Waals surface area contributed by atoms with Crippen LogP contribution in [-0.2, 0) is 6.54 Å². The van der Waals surface area contributed by atoms with Crippen LogP contribution in [0.1, 0.15) is 53.8 Å². The lowest BCUT2D eigenvalue weighted by atomic mass is 9.99. The van der Waals surface area contributed by atoms with E-state index in [-0.39, 0.29) is 29.2 Å². The summed E-state index contributed by atoms with van der Waals surface area (Å²) < 4.78 is 15.4. The Balaban J connectivity index is 1.83. The first-order chi connectivity index (χ1) is 14.4. The van der Waals surface area contributed by atoms with E-state index in [4.69, 9.17) is 11.6 Å². The second-order valence-electron chi connectivity index (χ2n) is 7.92. The fourth-order valence-corrected chi connectivity index (χ4v) is 4.42. The summed E-state index contributed by atoms with van der Waals surface area (Å²) in [7, 11) is 0. The Labute approximate surface area is 179 Å². The van der Waals surface area contributed by atoms with E-state index in [0.717, 1.165) is 24.8 Å². The fraction of sp³-hybridized carbons (Fsp3) is 0.333. The van der Waals surface area contributed by atoms with E-state index in [1.807, 2.05) is 13.0 Å². The van der Waals surface area contributed by atoms with E-state index in [0.29, 0.717) is 33.6 Å². The first kappa shape index (κ1) is 20.6. The van der Waals surface area contributed by atoms with E-state index in [2.05, 4.69) is 5.32 Å². The Morgan fingerprint density at radius 2 is 2.00 bits per heavy atom. The molecule has 1 aromatic heterocycles. The van der Waals surface area contributed by atoms with E-state index in [9.17, 15) is 14.0 Å². The normalized spacial score (nSPS) is 14.7. The van der Waals surface area contributed by atoms with Gasteiger partial charge in [0, 0.05) is 17.6 Å². The molecule has 1 fully saturated rings. The standard InChI is InChI=1S/C24H24ClFN2O2/c1-3-12-28-14(2)20(18-8-5-9-19(25)21(18)24(28)30)23(29)27-22(15-10-11-15)16-6-4-7-17(26)13-16/h4-9,13,15,22H,3,10-12H2,1-2H3,(H,27,29)/t22-/m0/s1. The number of aromatic nitrogens is 1. The Bertz CT molecular complexity index is 1180.